The number of halogens is 1. The van der Waals surface area contributed by atoms with Crippen LogP contribution in [0.15, 0.2) is 35.7 Å². The molecule has 11 heteroatoms. The molecular formula is C17H23ClN8O2. The summed E-state index contributed by atoms with van der Waals surface area (Å²) in [6.45, 7) is 5.31. The number of hydrogen-bond donors (Lipinski definition) is 2. The van der Waals surface area contributed by atoms with Gasteiger partial charge in [0, 0.05) is 31.9 Å². The number of hydrogen-bond acceptors (Lipinski definition) is 6. The monoisotopic (exact) mass is 406 g/mol. The fourth-order valence-corrected chi connectivity index (χ4v) is 3.27. The lowest BCUT2D eigenvalue weighted by atomic mass is 10.3. The van der Waals surface area contributed by atoms with Gasteiger partial charge in [-0.3, -0.25) is 19.8 Å². The Morgan fingerprint density at radius 1 is 1.54 bits per heavy atom. The van der Waals surface area contributed by atoms with Crippen LogP contribution in [0, 0.1) is 10.1 Å². The first-order valence-electron chi connectivity index (χ1n) is 9.14. The Labute approximate surface area is 167 Å². The number of aliphatic imine (C=N–C) groups is 1. The van der Waals surface area contributed by atoms with Crippen LogP contribution in [0.2, 0.25) is 5.02 Å². The molecule has 150 valence electrons. The highest BCUT2D eigenvalue weighted by molar-refractivity contribution is 6.32. The first kappa shape index (κ1) is 19.9. The topological polar surface area (TPSA) is 114 Å². The second-order valence-corrected chi connectivity index (χ2v) is 6.77. The largest absolute Gasteiger partial charge is 0.357 e. The van der Waals surface area contributed by atoms with E-state index in [0.717, 1.165) is 31.9 Å². The van der Waals surface area contributed by atoms with E-state index in [9.17, 15) is 10.1 Å². The van der Waals surface area contributed by atoms with E-state index in [0.29, 0.717) is 24.1 Å². The van der Waals surface area contributed by atoms with Gasteiger partial charge in [0.1, 0.15) is 18.2 Å². The van der Waals surface area contributed by atoms with E-state index < -0.39 is 4.92 Å². The molecule has 1 atom stereocenters. The van der Waals surface area contributed by atoms with E-state index in [-0.39, 0.29) is 11.7 Å². The average molecular weight is 407 g/mol. The van der Waals surface area contributed by atoms with Crippen LogP contribution >= 0.6 is 11.6 Å². The van der Waals surface area contributed by atoms with E-state index >= 15 is 0 Å². The summed E-state index contributed by atoms with van der Waals surface area (Å²) in [5.41, 5.74) is -0.0201. The maximum Gasteiger partial charge on any atom is 0.306 e. The molecule has 1 aliphatic heterocycles. The first-order chi connectivity index (χ1) is 13.6. The highest BCUT2D eigenvalue weighted by Crippen LogP contribution is 2.25. The molecule has 10 nitrogen and oxygen atoms in total. The quantitative estimate of drug-likeness (QED) is 0.311. The van der Waals surface area contributed by atoms with Crippen LogP contribution in [-0.4, -0.2) is 57.9 Å². The van der Waals surface area contributed by atoms with E-state index in [1.54, 1.807) is 6.20 Å². The highest BCUT2D eigenvalue weighted by Gasteiger charge is 2.25. The van der Waals surface area contributed by atoms with Crippen molar-refractivity contribution in [1.29, 1.82) is 0 Å². The van der Waals surface area contributed by atoms with Crippen LogP contribution in [0.4, 0.5) is 11.5 Å². The molecule has 0 saturated carbocycles. The number of rotatable bonds is 7. The lowest BCUT2D eigenvalue weighted by Crippen LogP contribution is -2.44. The van der Waals surface area contributed by atoms with E-state index in [1.807, 2.05) is 19.1 Å². The molecule has 0 radical (unpaired) electrons. The van der Waals surface area contributed by atoms with Crippen LogP contribution in [0.25, 0.3) is 0 Å². The van der Waals surface area contributed by atoms with Crippen LogP contribution in [0.3, 0.4) is 0 Å². The molecule has 3 rings (SSSR count). The lowest BCUT2D eigenvalue weighted by molar-refractivity contribution is -0.385. The van der Waals surface area contributed by atoms with Gasteiger partial charge in [-0.15, -0.1) is 0 Å². The maximum absolute atomic E-state index is 10.7. The normalized spacial score (nSPS) is 17.0. The van der Waals surface area contributed by atoms with E-state index in [1.165, 1.54) is 17.1 Å². The summed E-state index contributed by atoms with van der Waals surface area (Å²) in [6, 6.07) is 3.89. The predicted molar refractivity (Wildman–Crippen MR) is 108 cm³/mol. The molecule has 0 aliphatic carbocycles. The van der Waals surface area contributed by atoms with Gasteiger partial charge < -0.3 is 15.5 Å². The Morgan fingerprint density at radius 3 is 3.11 bits per heavy atom. The molecular weight excluding hydrogens is 384 g/mol. The summed E-state index contributed by atoms with van der Waals surface area (Å²) in [6.07, 6.45) is 5.33. The van der Waals surface area contributed by atoms with Gasteiger partial charge in [0.05, 0.1) is 23.0 Å². The average Bonchev–Trinajstić information content (AvgIpc) is 3.32. The van der Waals surface area contributed by atoms with Gasteiger partial charge in [0.15, 0.2) is 5.96 Å². The minimum Gasteiger partial charge on any atom is -0.357 e. The number of pyridine rings is 1. The zero-order valence-corrected chi connectivity index (χ0v) is 16.3. The summed E-state index contributed by atoms with van der Waals surface area (Å²) in [7, 11) is 0. The first-order valence-corrected chi connectivity index (χ1v) is 9.51. The van der Waals surface area contributed by atoms with Crippen LogP contribution in [0.1, 0.15) is 13.3 Å². The summed E-state index contributed by atoms with van der Waals surface area (Å²) in [4.78, 5) is 21.3. The fourth-order valence-electron chi connectivity index (χ4n) is 3.03. The Bertz CT molecular complexity index is 840. The van der Waals surface area contributed by atoms with Crippen molar-refractivity contribution in [1.82, 2.24) is 25.4 Å². The molecule has 28 heavy (non-hydrogen) atoms. The van der Waals surface area contributed by atoms with E-state index in [4.69, 9.17) is 11.6 Å². The Kier molecular flexibility index (Phi) is 6.64. The van der Waals surface area contributed by atoms with Crippen molar-refractivity contribution >= 4 is 29.1 Å². The number of aromatic nitrogens is 3. The summed E-state index contributed by atoms with van der Waals surface area (Å²) in [5, 5.41) is 22.0. The Balaban J connectivity index is 1.54. The van der Waals surface area contributed by atoms with Gasteiger partial charge >= 0.3 is 5.69 Å². The van der Waals surface area contributed by atoms with Crippen molar-refractivity contribution in [3.8, 4) is 0 Å². The molecule has 2 N–H and O–H groups in total. The lowest BCUT2D eigenvalue weighted by Gasteiger charge is -2.20. The molecule has 0 bridgehead atoms. The van der Waals surface area contributed by atoms with Gasteiger partial charge in [0.25, 0.3) is 0 Å². The summed E-state index contributed by atoms with van der Waals surface area (Å²) in [5.74, 6) is 1.51. The van der Waals surface area contributed by atoms with Crippen molar-refractivity contribution in [3.05, 3.63) is 45.9 Å². The molecule has 1 unspecified atom stereocenters. The molecule has 1 aliphatic rings. The molecule has 2 aromatic rings. The van der Waals surface area contributed by atoms with Crippen molar-refractivity contribution in [2.75, 3.05) is 31.1 Å². The third-order valence-electron chi connectivity index (χ3n) is 4.34. The van der Waals surface area contributed by atoms with Crippen LogP contribution in [-0.2, 0) is 6.54 Å². The molecule has 0 spiro atoms. The smallest absolute Gasteiger partial charge is 0.306 e. The number of nitrogens with zero attached hydrogens (tertiary/aromatic N) is 6. The van der Waals surface area contributed by atoms with Gasteiger partial charge in [-0.05, 0) is 25.5 Å². The Hall–Kier alpha value is -2.88. The molecule has 3 heterocycles. The maximum atomic E-state index is 10.7. The predicted octanol–water partition coefficient (Wildman–Crippen LogP) is 1.67. The SMILES string of the molecule is CCNC(=NCCn1cc([N+](=O)[O-])cn1)NC1CCN(c2ncccc2Cl)C1. The van der Waals surface area contributed by atoms with E-state index in [2.05, 4.69) is 30.6 Å². The van der Waals surface area contributed by atoms with Crippen molar-refractivity contribution < 1.29 is 4.92 Å². The molecule has 2 aromatic heterocycles. The molecule has 0 aromatic carbocycles. The minimum atomic E-state index is -0.460. The second-order valence-electron chi connectivity index (χ2n) is 6.36. The van der Waals surface area contributed by atoms with Crippen LogP contribution < -0.4 is 15.5 Å². The summed E-state index contributed by atoms with van der Waals surface area (Å²) < 4.78 is 1.52. The fraction of sp³-hybridized carbons (Fsp3) is 0.471. The second kappa shape index (κ2) is 9.36. The van der Waals surface area contributed by atoms with Crippen LogP contribution in [0.5, 0.6) is 0 Å². The van der Waals surface area contributed by atoms with Gasteiger partial charge in [-0.2, -0.15) is 5.10 Å². The Morgan fingerprint density at radius 2 is 2.39 bits per heavy atom. The molecule has 1 fully saturated rings. The molecule has 1 saturated heterocycles. The van der Waals surface area contributed by atoms with Gasteiger partial charge in [-0.1, -0.05) is 11.6 Å². The number of nitro groups is 1. The molecule has 0 amide bonds. The van der Waals surface area contributed by atoms with Crippen molar-refractivity contribution in [2.45, 2.75) is 25.9 Å². The van der Waals surface area contributed by atoms with Crippen molar-refractivity contribution in [3.63, 3.8) is 0 Å². The summed E-state index contributed by atoms with van der Waals surface area (Å²) >= 11 is 6.24. The standard InChI is InChI=1S/C17H23ClN8O2/c1-2-19-17(21-7-9-25-12-14(10-22-25)26(27)28)23-13-5-8-24(11-13)16-15(18)4-3-6-20-16/h3-4,6,10,12-13H,2,5,7-9,11H2,1H3,(H2,19,21,23). The van der Waals surface area contributed by atoms with Gasteiger partial charge in [-0.25, -0.2) is 4.98 Å². The highest BCUT2D eigenvalue weighted by atomic mass is 35.5. The van der Waals surface area contributed by atoms with Gasteiger partial charge in [0.2, 0.25) is 0 Å². The van der Waals surface area contributed by atoms with Crippen molar-refractivity contribution in [2.24, 2.45) is 4.99 Å². The zero-order valence-electron chi connectivity index (χ0n) is 15.6. The third kappa shape index (κ3) is 5.10. The number of guanidine groups is 1. The zero-order chi connectivity index (χ0) is 19.9. The minimum absolute atomic E-state index is 0.0201. The third-order valence-corrected chi connectivity index (χ3v) is 4.64. The number of nitrogens with one attached hydrogen (secondary N) is 2. The number of anilines is 1.